The van der Waals surface area contributed by atoms with Crippen molar-refractivity contribution in [1.29, 1.82) is 0 Å². The predicted molar refractivity (Wildman–Crippen MR) is 69.9 cm³/mol. The van der Waals surface area contributed by atoms with Crippen LogP contribution in [0.5, 0.6) is 0 Å². The van der Waals surface area contributed by atoms with E-state index in [0.717, 1.165) is 0 Å². The Labute approximate surface area is 105 Å². The van der Waals surface area contributed by atoms with Crippen LogP contribution in [0.25, 0.3) is 0 Å². The largest absolute Gasteiger partial charge is 0.299 e. The summed E-state index contributed by atoms with van der Waals surface area (Å²) in [5.41, 5.74) is 0.00218. The maximum absolute atomic E-state index is 11.8. The summed E-state index contributed by atoms with van der Waals surface area (Å²) in [5.74, 6) is 0.822. The van der Waals surface area contributed by atoms with Gasteiger partial charge in [-0.3, -0.25) is 9.59 Å². The van der Waals surface area contributed by atoms with Gasteiger partial charge in [-0.15, -0.1) is 0 Å². The minimum Gasteiger partial charge on any atom is -0.299 e. The second-order valence-corrected chi connectivity index (χ2v) is 6.70. The van der Waals surface area contributed by atoms with Crippen LogP contribution in [0.1, 0.15) is 72.1 Å². The van der Waals surface area contributed by atoms with Gasteiger partial charge < -0.3 is 0 Å². The van der Waals surface area contributed by atoms with Crippen molar-refractivity contribution < 1.29 is 9.59 Å². The molecule has 1 rings (SSSR count). The summed E-state index contributed by atoms with van der Waals surface area (Å²) >= 11 is 0. The zero-order chi connectivity index (χ0) is 12.9. The first-order valence-corrected chi connectivity index (χ1v) is 6.90. The Balaban J connectivity index is 2.26. The molecule has 1 aliphatic carbocycles. The molecule has 0 radical (unpaired) electrons. The second-order valence-electron chi connectivity index (χ2n) is 6.70. The molecule has 0 saturated heterocycles. The van der Waals surface area contributed by atoms with Gasteiger partial charge in [-0.25, -0.2) is 0 Å². The number of carbonyl (C=O) groups excluding carboxylic acids is 2. The van der Waals surface area contributed by atoms with Gasteiger partial charge in [-0.1, -0.05) is 52.9 Å². The lowest BCUT2D eigenvalue weighted by molar-refractivity contribution is -0.128. The first kappa shape index (κ1) is 14.4. The average molecular weight is 238 g/mol. The highest BCUT2D eigenvalue weighted by atomic mass is 16.1. The Morgan fingerprint density at radius 2 is 1.59 bits per heavy atom. The molecule has 0 aromatic carbocycles. The lowest BCUT2D eigenvalue weighted by atomic mass is 9.84. The maximum Gasteiger partial charge on any atom is 0.140 e. The molecule has 0 aliphatic heterocycles. The first-order valence-electron chi connectivity index (χ1n) is 6.90. The van der Waals surface area contributed by atoms with Crippen molar-refractivity contribution in [3.8, 4) is 0 Å². The van der Waals surface area contributed by atoms with Gasteiger partial charge in [-0.05, 0) is 11.3 Å². The van der Waals surface area contributed by atoms with E-state index >= 15 is 0 Å². The summed E-state index contributed by atoms with van der Waals surface area (Å²) in [5, 5.41) is 0. The molecule has 0 unspecified atom stereocenters. The van der Waals surface area contributed by atoms with Crippen molar-refractivity contribution in [3.05, 3.63) is 0 Å². The highest BCUT2D eigenvalue weighted by Crippen LogP contribution is 2.27. The van der Waals surface area contributed by atoms with Gasteiger partial charge in [0.05, 0.1) is 6.42 Å². The highest BCUT2D eigenvalue weighted by molar-refractivity contribution is 5.99. The number of hydrogen-bond donors (Lipinski definition) is 0. The van der Waals surface area contributed by atoms with Crippen LogP contribution < -0.4 is 0 Å². The molecular weight excluding hydrogens is 212 g/mol. The smallest absolute Gasteiger partial charge is 0.140 e. The summed E-state index contributed by atoms with van der Waals surface area (Å²) in [6.45, 7) is 6.11. The maximum atomic E-state index is 11.8. The number of Topliss-reactive ketones (excluding diaryl/α,β-unsaturated/α-hetero) is 2. The lowest BCUT2D eigenvalue weighted by Gasteiger charge is -2.21. The molecule has 0 aromatic rings. The van der Waals surface area contributed by atoms with E-state index in [4.69, 9.17) is 0 Å². The fourth-order valence-electron chi connectivity index (χ4n) is 2.66. The third-order valence-corrected chi connectivity index (χ3v) is 3.36. The van der Waals surface area contributed by atoms with Gasteiger partial charge in [0.2, 0.25) is 0 Å². The van der Waals surface area contributed by atoms with Crippen molar-refractivity contribution in [2.24, 2.45) is 11.3 Å². The molecule has 0 amide bonds. The summed E-state index contributed by atoms with van der Waals surface area (Å²) in [6.07, 6.45) is 7.50. The van der Waals surface area contributed by atoms with Gasteiger partial charge in [0.1, 0.15) is 11.6 Å². The van der Waals surface area contributed by atoms with Gasteiger partial charge in [0.25, 0.3) is 0 Å². The Hall–Kier alpha value is -0.660. The van der Waals surface area contributed by atoms with E-state index in [9.17, 15) is 9.59 Å². The fraction of sp³-hybridized carbons (Fsp3) is 0.867. The molecule has 98 valence electrons. The molecular formula is C15H26O2. The van der Waals surface area contributed by atoms with Crippen LogP contribution in [0.15, 0.2) is 0 Å². The first-order chi connectivity index (χ1) is 7.87. The molecule has 0 aromatic heterocycles. The van der Waals surface area contributed by atoms with Crippen LogP contribution in [-0.2, 0) is 9.59 Å². The van der Waals surface area contributed by atoms with E-state index in [-0.39, 0.29) is 23.4 Å². The van der Waals surface area contributed by atoms with Crippen LogP contribution in [0.4, 0.5) is 0 Å². The Kier molecular flexibility index (Phi) is 5.35. The topological polar surface area (TPSA) is 34.1 Å². The van der Waals surface area contributed by atoms with Crippen molar-refractivity contribution in [1.82, 2.24) is 0 Å². The van der Waals surface area contributed by atoms with Crippen LogP contribution in [0, 0.1) is 11.3 Å². The molecule has 0 spiro atoms. The van der Waals surface area contributed by atoms with E-state index in [2.05, 4.69) is 0 Å². The van der Waals surface area contributed by atoms with Crippen molar-refractivity contribution in [3.63, 3.8) is 0 Å². The zero-order valence-electron chi connectivity index (χ0n) is 11.6. The molecule has 1 saturated carbocycles. The second kappa shape index (κ2) is 6.32. The van der Waals surface area contributed by atoms with Crippen molar-refractivity contribution >= 4 is 11.6 Å². The van der Waals surface area contributed by atoms with Crippen molar-refractivity contribution in [2.75, 3.05) is 0 Å². The summed E-state index contributed by atoms with van der Waals surface area (Å²) in [4.78, 5) is 23.5. The molecule has 0 atom stereocenters. The number of hydrogen-bond acceptors (Lipinski definition) is 2. The Morgan fingerprint density at radius 3 is 2.12 bits per heavy atom. The highest BCUT2D eigenvalue weighted by Gasteiger charge is 2.21. The molecule has 17 heavy (non-hydrogen) atoms. The van der Waals surface area contributed by atoms with E-state index in [1.807, 2.05) is 20.8 Å². The zero-order valence-corrected chi connectivity index (χ0v) is 11.6. The summed E-state index contributed by atoms with van der Waals surface area (Å²) < 4.78 is 0. The SMILES string of the molecule is CC(C)(C)CC(=O)CC(=O)CC1CCCCC1. The standard InChI is InChI=1S/C15H26O2/c1-15(2,3)11-14(17)10-13(16)9-12-7-5-4-6-8-12/h12H,4-11H2,1-3H3. The molecule has 1 fully saturated rings. The third-order valence-electron chi connectivity index (χ3n) is 3.36. The van der Waals surface area contributed by atoms with Crippen LogP contribution in [0.3, 0.4) is 0 Å². The summed E-state index contributed by atoms with van der Waals surface area (Å²) in [6, 6.07) is 0. The minimum absolute atomic E-state index is 0.00218. The van der Waals surface area contributed by atoms with Crippen molar-refractivity contribution in [2.45, 2.75) is 72.1 Å². The lowest BCUT2D eigenvalue weighted by Crippen LogP contribution is -2.18. The molecule has 1 aliphatic rings. The molecule has 2 heteroatoms. The quantitative estimate of drug-likeness (QED) is 0.680. The number of ketones is 2. The fourth-order valence-corrected chi connectivity index (χ4v) is 2.66. The average Bonchev–Trinajstić information content (AvgIpc) is 2.15. The van der Waals surface area contributed by atoms with E-state index in [1.54, 1.807) is 0 Å². The van der Waals surface area contributed by atoms with E-state index in [0.29, 0.717) is 18.8 Å². The Bertz CT molecular complexity index is 267. The number of rotatable bonds is 5. The summed E-state index contributed by atoms with van der Waals surface area (Å²) in [7, 11) is 0. The van der Waals surface area contributed by atoms with Crippen LogP contribution in [0.2, 0.25) is 0 Å². The third kappa shape index (κ3) is 6.60. The van der Waals surface area contributed by atoms with Gasteiger partial charge in [0, 0.05) is 12.8 Å². The van der Waals surface area contributed by atoms with E-state index in [1.165, 1.54) is 32.1 Å². The van der Waals surface area contributed by atoms with Crippen LogP contribution >= 0.6 is 0 Å². The monoisotopic (exact) mass is 238 g/mol. The molecule has 2 nitrogen and oxygen atoms in total. The molecule has 0 bridgehead atoms. The molecule has 0 heterocycles. The van der Waals surface area contributed by atoms with Gasteiger partial charge >= 0.3 is 0 Å². The normalized spacial score (nSPS) is 18.1. The van der Waals surface area contributed by atoms with Gasteiger partial charge in [-0.2, -0.15) is 0 Å². The predicted octanol–water partition coefficient (Wildman–Crippen LogP) is 3.92. The van der Waals surface area contributed by atoms with Crippen LogP contribution in [-0.4, -0.2) is 11.6 Å². The number of carbonyl (C=O) groups is 2. The van der Waals surface area contributed by atoms with E-state index < -0.39 is 0 Å². The minimum atomic E-state index is 0.00218. The Morgan fingerprint density at radius 1 is 1.00 bits per heavy atom. The van der Waals surface area contributed by atoms with Gasteiger partial charge in [0.15, 0.2) is 0 Å². The molecule has 0 N–H and O–H groups in total.